The van der Waals surface area contributed by atoms with Gasteiger partial charge in [0.25, 0.3) is 0 Å². The summed E-state index contributed by atoms with van der Waals surface area (Å²) in [5.74, 6) is 2.70. The highest BCUT2D eigenvalue weighted by Gasteiger charge is 2.28. The molecule has 0 aromatic carbocycles. The van der Waals surface area contributed by atoms with Crippen molar-refractivity contribution in [3.63, 3.8) is 0 Å². The van der Waals surface area contributed by atoms with Crippen molar-refractivity contribution in [1.29, 1.82) is 0 Å². The largest absolute Gasteiger partial charge is 0.361 e. The van der Waals surface area contributed by atoms with Crippen LogP contribution in [0.1, 0.15) is 62.0 Å². The third-order valence-corrected chi connectivity index (χ3v) is 6.72. The van der Waals surface area contributed by atoms with Crippen molar-refractivity contribution >= 4 is 5.91 Å². The maximum atomic E-state index is 12.5. The fraction of sp³-hybridized carbons (Fsp3) is 0.625. The molecule has 0 spiro atoms. The van der Waals surface area contributed by atoms with E-state index in [1.807, 2.05) is 12.1 Å². The normalized spacial score (nSPS) is 22.7. The van der Waals surface area contributed by atoms with Gasteiger partial charge in [0.2, 0.25) is 5.91 Å². The number of rotatable bonds is 8. The summed E-state index contributed by atoms with van der Waals surface area (Å²) in [5, 5.41) is 10.9. The van der Waals surface area contributed by atoms with E-state index in [1.54, 1.807) is 12.4 Å². The van der Waals surface area contributed by atoms with E-state index in [1.165, 1.54) is 32.1 Å². The van der Waals surface area contributed by atoms with E-state index in [-0.39, 0.29) is 5.91 Å². The summed E-state index contributed by atoms with van der Waals surface area (Å²) in [6, 6.07) is 6.03. The van der Waals surface area contributed by atoms with Crippen LogP contribution in [0.15, 0.2) is 35.1 Å². The van der Waals surface area contributed by atoms with Gasteiger partial charge >= 0.3 is 0 Å². The van der Waals surface area contributed by atoms with E-state index in [4.69, 9.17) is 4.52 Å². The summed E-state index contributed by atoms with van der Waals surface area (Å²) in [6.45, 7) is 2.45. The van der Waals surface area contributed by atoms with Gasteiger partial charge in [-0.2, -0.15) is 0 Å². The number of carbonyl (C=O) groups excluding carboxylic acids is 1. The zero-order chi connectivity index (χ0) is 20.6. The molecule has 1 aliphatic carbocycles. The van der Waals surface area contributed by atoms with Crippen LogP contribution in [0.5, 0.6) is 0 Å². The van der Waals surface area contributed by atoms with Gasteiger partial charge in [0.1, 0.15) is 5.76 Å². The molecular formula is C24H34N4O2. The Morgan fingerprint density at radius 1 is 1.17 bits per heavy atom. The number of nitrogens with one attached hydrogen (secondary N) is 2. The topological polar surface area (TPSA) is 80.0 Å². The Balaban J connectivity index is 1.27. The summed E-state index contributed by atoms with van der Waals surface area (Å²) >= 11 is 0. The smallest absolute Gasteiger partial charge is 0.220 e. The third-order valence-electron chi connectivity index (χ3n) is 6.72. The average Bonchev–Trinajstić information content (AvgIpc) is 3.22. The molecule has 0 unspecified atom stereocenters. The number of aromatic nitrogens is 2. The number of hydrogen-bond donors (Lipinski definition) is 2. The maximum Gasteiger partial charge on any atom is 0.220 e. The monoisotopic (exact) mass is 410 g/mol. The second-order valence-electron chi connectivity index (χ2n) is 9.05. The van der Waals surface area contributed by atoms with Gasteiger partial charge < -0.3 is 15.2 Å². The van der Waals surface area contributed by atoms with Crippen LogP contribution in [0.2, 0.25) is 0 Å². The second kappa shape index (κ2) is 10.7. The molecule has 2 aliphatic rings. The lowest BCUT2D eigenvalue weighted by molar-refractivity contribution is -0.122. The molecular weight excluding hydrogens is 376 g/mol. The highest BCUT2D eigenvalue weighted by molar-refractivity contribution is 5.76. The van der Waals surface area contributed by atoms with Gasteiger partial charge in [-0.15, -0.1) is 0 Å². The second-order valence-corrected chi connectivity index (χ2v) is 9.05. The molecule has 6 heteroatoms. The lowest BCUT2D eigenvalue weighted by Gasteiger charge is -2.31. The zero-order valence-corrected chi connectivity index (χ0v) is 17.8. The maximum absolute atomic E-state index is 12.5. The molecule has 1 saturated heterocycles. The van der Waals surface area contributed by atoms with Gasteiger partial charge in [0.15, 0.2) is 0 Å². The van der Waals surface area contributed by atoms with Crippen molar-refractivity contribution in [3.8, 4) is 0 Å². The molecule has 1 amide bonds. The van der Waals surface area contributed by atoms with E-state index in [2.05, 4.69) is 26.8 Å². The number of pyridine rings is 1. The van der Waals surface area contributed by atoms with Gasteiger partial charge in [0.05, 0.1) is 5.69 Å². The minimum Gasteiger partial charge on any atom is -0.361 e. The van der Waals surface area contributed by atoms with Crippen LogP contribution in [-0.2, 0) is 24.2 Å². The predicted molar refractivity (Wildman–Crippen MR) is 116 cm³/mol. The molecule has 1 saturated carbocycles. The van der Waals surface area contributed by atoms with Crippen LogP contribution in [0, 0.1) is 17.8 Å². The van der Waals surface area contributed by atoms with Crippen molar-refractivity contribution in [2.24, 2.45) is 17.8 Å². The molecule has 30 heavy (non-hydrogen) atoms. The van der Waals surface area contributed by atoms with Gasteiger partial charge in [-0.25, -0.2) is 0 Å². The van der Waals surface area contributed by atoms with Gasteiger partial charge in [-0.1, -0.05) is 43.3 Å². The molecule has 4 rings (SSSR count). The first kappa shape index (κ1) is 21.0. The van der Waals surface area contributed by atoms with Crippen molar-refractivity contribution in [2.45, 2.75) is 64.3 Å². The van der Waals surface area contributed by atoms with Crippen LogP contribution in [0.4, 0.5) is 0 Å². The first-order valence-corrected chi connectivity index (χ1v) is 11.6. The highest BCUT2D eigenvalue weighted by atomic mass is 16.5. The molecule has 2 aromatic rings. The van der Waals surface area contributed by atoms with Crippen LogP contribution in [0.25, 0.3) is 0 Å². The Kier molecular flexibility index (Phi) is 7.51. The van der Waals surface area contributed by atoms with Crippen molar-refractivity contribution < 1.29 is 9.32 Å². The van der Waals surface area contributed by atoms with E-state index >= 15 is 0 Å². The fourth-order valence-corrected chi connectivity index (χ4v) is 4.99. The first-order chi connectivity index (χ1) is 14.8. The summed E-state index contributed by atoms with van der Waals surface area (Å²) in [6.07, 6.45) is 13.8. The molecule has 1 aliphatic heterocycles. The Hall–Kier alpha value is -2.21. The molecule has 0 bridgehead atoms. The van der Waals surface area contributed by atoms with Crippen molar-refractivity contribution in [2.75, 3.05) is 13.1 Å². The van der Waals surface area contributed by atoms with Gasteiger partial charge in [0, 0.05) is 37.8 Å². The molecule has 2 aromatic heterocycles. The molecule has 3 heterocycles. The SMILES string of the molecule is O=C(C[C@@H]1CCNC[C@@H]1Cc1cc(CC2CCCCC2)on1)NCc1cccnc1. The lowest BCUT2D eigenvalue weighted by atomic mass is 9.81. The number of hydrogen-bond acceptors (Lipinski definition) is 5. The van der Waals surface area contributed by atoms with Crippen molar-refractivity contribution in [1.82, 2.24) is 20.8 Å². The number of nitrogens with zero attached hydrogens (tertiary/aromatic N) is 2. The third kappa shape index (κ3) is 6.14. The van der Waals surface area contributed by atoms with E-state index < -0.39 is 0 Å². The van der Waals surface area contributed by atoms with Crippen molar-refractivity contribution in [3.05, 3.63) is 47.6 Å². The summed E-state index contributed by atoms with van der Waals surface area (Å²) in [5.41, 5.74) is 2.07. The quantitative estimate of drug-likeness (QED) is 0.694. The Bertz CT molecular complexity index is 786. The molecule has 2 atom stereocenters. The molecule has 162 valence electrons. The van der Waals surface area contributed by atoms with Crippen LogP contribution >= 0.6 is 0 Å². The van der Waals surface area contributed by atoms with E-state index in [9.17, 15) is 4.79 Å². The van der Waals surface area contributed by atoms with Crippen LogP contribution in [0.3, 0.4) is 0 Å². The lowest BCUT2D eigenvalue weighted by Crippen LogP contribution is -2.40. The highest BCUT2D eigenvalue weighted by Crippen LogP contribution is 2.29. The molecule has 0 radical (unpaired) electrons. The Morgan fingerprint density at radius 2 is 2.07 bits per heavy atom. The first-order valence-electron chi connectivity index (χ1n) is 11.6. The van der Waals surface area contributed by atoms with Crippen LogP contribution in [-0.4, -0.2) is 29.1 Å². The van der Waals surface area contributed by atoms with E-state index in [0.29, 0.717) is 24.8 Å². The van der Waals surface area contributed by atoms with Gasteiger partial charge in [-0.05, 0) is 55.3 Å². The molecule has 6 nitrogen and oxygen atoms in total. The standard InChI is InChI=1S/C24H34N4O2/c29-24(27-16-19-7-4-9-25-15-19)13-20-8-10-26-17-21(20)12-22-14-23(30-28-22)11-18-5-2-1-3-6-18/h4,7,9,14-15,18,20-21,26H,1-3,5-6,8,10-13,16-17H2,(H,27,29)/t20-,21-/m0/s1. The van der Waals surface area contributed by atoms with E-state index in [0.717, 1.165) is 55.3 Å². The predicted octanol–water partition coefficient (Wildman–Crippen LogP) is 3.67. The Labute approximate surface area is 179 Å². The summed E-state index contributed by atoms with van der Waals surface area (Å²) in [7, 11) is 0. The Morgan fingerprint density at radius 3 is 2.90 bits per heavy atom. The fourth-order valence-electron chi connectivity index (χ4n) is 4.99. The number of carbonyl (C=O) groups is 1. The molecule has 2 fully saturated rings. The average molecular weight is 411 g/mol. The van der Waals surface area contributed by atoms with Crippen LogP contribution < -0.4 is 10.6 Å². The molecule has 2 N–H and O–H groups in total. The number of amides is 1. The minimum atomic E-state index is 0.119. The zero-order valence-electron chi connectivity index (χ0n) is 17.8. The minimum absolute atomic E-state index is 0.119. The van der Waals surface area contributed by atoms with Gasteiger partial charge in [-0.3, -0.25) is 9.78 Å². The summed E-state index contributed by atoms with van der Waals surface area (Å²) < 4.78 is 5.66. The summed E-state index contributed by atoms with van der Waals surface area (Å²) in [4.78, 5) is 16.6. The number of piperidine rings is 1.